The lowest BCUT2D eigenvalue weighted by Gasteiger charge is -2.04. The molecule has 3 aromatic rings. The van der Waals surface area contributed by atoms with Crippen molar-refractivity contribution in [3.63, 3.8) is 0 Å². The van der Waals surface area contributed by atoms with Gasteiger partial charge in [-0.2, -0.15) is 5.10 Å². The number of carbonyl (C=O) groups excluding carboxylic acids is 1. The minimum Gasteiger partial charge on any atom is -0.497 e. The minimum atomic E-state index is 0.332. The summed E-state index contributed by atoms with van der Waals surface area (Å²) in [5, 5.41) is 5.04. The molecule has 0 aliphatic heterocycles. The van der Waals surface area contributed by atoms with Gasteiger partial charge >= 0.3 is 0 Å². The van der Waals surface area contributed by atoms with Crippen molar-refractivity contribution in [2.45, 2.75) is 6.61 Å². The Morgan fingerprint density at radius 2 is 2.05 bits per heavy atom. The fraction of sp³-hybridized carbons (Fsp3) is 0.154. The third kappa shape index (κ3) is 2.35. The molecule has 0 aliphatic carbocycles. The number of hydrogen-bond donors (Lipinski definition) is 0. The van der Waals surface area contributed by atoms with Crippen LogP contribution in [0, 0.1) is 0 Å². The lowest BCUT2D eigenvalue weighted by molar-refractivity contribution is 0.111. The van der Waals surface area contributed by atoms with Crippen LogP contribution in [0.1, 0.15) is 15.5 Å². The number of methoxy groups -OCH3 is 1. The van der Waals surface area contributed by atoms with E-state index < -0.39 is 0 Å². The molecule has 20 heavy (non-hydrogen) atoms. The van der Waals surface area contributed by atoms with Gasteiger partial charge in [-0.05, 0) is 24.3 Å². The van der Waals surface area contributed by atoms with Crippen LogP contribution in [0.4, 0.5) is 0 Å². The van der Waals surface area contributed by atoms with Crippen molar-refractivity contribution in [2.75, 3.05) is 7.11 Å². The summed E-state index contributed by atoms with van der Waals surface area (Å²) < 4.78 is 12.2. The Morgan fingerprint density at radius 1 is 1.30 bits per heavy atom. The molecule has 0 fully saturated rings. The third-order valence-electron chi connectivity index (χ3n) is 2.70. The second kappa shape index (κ2) is 5.30. The van der Waals surface area contributed by atoms with E-state index in [0.29, 0.717) is 17.3 Å². The van der Waals surface area contributed by atoms with Gasteiger partial charge in [-0.25, -0.2) is 9.50 Å². The van der Waals surface area contributed by atoms with Crippen LogP contribution in [0.15, 0.2) is 30.5 Å². The average Bonchev–Trinajstić information content (AvgIpc) is 3.05. The highest BCUT2D eigenvalue weighted by Crippen LogP contribution is 2.20. The lowest BCUT2D eigenvalue weighted by Crippen LogP contribution is -1.97. The average molecular weight is 289 g/mol. The van der Waals surface area contributed by atoms with Crippen molar-refractivity contribution in [1.29, 1.82) is 0 Å². The van der Waals surface area contributed by atoms with Crippen LogP contribution < -0.4 is 9.47 Å². The van der Waals surface area contributed by atoms with Gasteiger partial charge in [0, 0.05) is 0 Å². The molecule has 0 amide bonds. The number of ether oxygens (including phenoxy) is 2. The van der Waals surface area contributed by atoms with Crippen LogP contribution in [0.5, 0.6) is 11.5 Å². The standard InChI is InChI=1S/C13H11N3O3S/c1-18-10-2-4-11(5-3-10)19-8-12-15-16-9(7-17)6-14-13(16)20-12/h2-7H,8H2,1H3. The summed E-state index contributed by atoms with van der Waals surface area (Å²) in [6, 6.07) is 7.31. The lowest BCUT2D eigenvalue weighted by atomic mass is 10.3. The summed E-state index contributed by atoms with van der Waals surface area (Å²) in [7, 11) is 1.62. The number of rotatable bonds is 5. The van der Waals surface area contributed by atoms with Gasteiger partial charge < -0.3 is 9.47 Å². The van der Waals surface area contributed by atoms with Crippen LogP contribution in [-0.2, 0) is 6.61 Å². The SMILES string of the molecule is COc1ccc(OCc2nn3c(C=O)cnc3s2)cc1. The van der Waals surface area contributed by atoms with E-state index in [0.717, 1.165) is 22.8 Å². The molecule has 0 spiro atoms. The number of hydrogen-bond acceptors (Lipinski definition) is 6. The quantitative estimate of drug-likeness (QED) is 0.674. The number of nitrogens with zero attached hydrogens (tertiary/aromatic N) is 3. The maximum atomic E-state index is 10.8. The van der Waals surface area contributed by atoms with Gasteiger partial charge in [0.1, 0.15) is 23.8 Å². The zero-order chi connectivity index (χ0) is 13.9. The van der Waals surface area contributed by atoms with Gasteiger partial charge in [-0.1, -0.05) is 11.3 Å². The van der Waals surface area contributed by atoms with Gasteiger partial charge in [-0.3, -0.25) is 4.79 Å². The molecule has 0 N–H and O–H groups in total. The molecule has 0 atom stereocenters. The van der Waals surface area contributed by atoms with Crippen LogP contribution in [0.3, 0.4) is 0 Å². The van der Waals surface area contributed by atoms with E-state index in [2.05, 4.69) is 10.1 Å². The van der Waals surface area contributed by atoms with Crippen molar-refractivity contribution in [3.8, 4) is 11.5 Å². The van der Waals surface area contributed by atoms with Crippen molar-refractivity contribution in [2.24, 2.45) is 0 Å². The predicted molar refractivity (Wildman–Crippen MR) is 73.6 cm³/mol. The molecule has 2 aromatic heterocycles. The zero-order valence-electron chi connectivity index (χ0n) is 10.6. The van der Waals surface area contributed by atoms with Crippen molar-refractivity contribution >= 4 is 22.6 Å². The Morgan fingerprint density at radius 3 is 2.75 bits per heavy atom. The normalized spacial score (nSPS) is 10.7. The topological polar surface area (TPSA) is 65.7 Å². The summed E-state index contributed by atoms with van der Waals surface area (Å²) >= 11 is 1.39. The molecule has 3 rings (SSSR count). The molecule has 0 bridgehead atoms. The Hall–Kier alpha value is -2.41. The summed E-state index contributed by atoms with van der Waals surface area (Å²) in [4.78, 5) is 15.6. The molecule has 2 heterocycles. The number of aldehydes is 1. The Bertz CT molecular complexity index is 733. The van der Waals surface area contributed by atoms with Crippen LogP contribution in [0.2, 0.25) is 0 Å². The fourth-order valence-electron chi connectivity index (χ4n) is 1.70. The summed E-state index contributed by atoms with van der Waals surface area (Å²) in [6.07, 6.45) is 2.23. The molecular formula is C13H11N3O3S. The summed E-state index contributed by atoms with van der Waals surface area (Å²) in [5.41, 5.74) is 0.437. The van der Waals surface area contributed by atoms with Crippen molar-refractivity contribution < 1.29 is 14.3 Å². The molecule has 0 aliphatic rings. The molecule has 6 nitrogen and oxygen atoms in total. The number of imidazole rings is 1. The van der Waals surface area contributed by atoms with E-state index in [1.165, 1.54) is 22.0 Å². The van der Waals surface area contributed by atoms with E-state index in [-0.39, 0.29) is 0 Å². The molecule has 0 saturated carbocycles. The molecule has 7 heteroatoms. The molecule has 0 radical (unpaired) electrons. The van der Waals surface area contributed by atoms with E-state index in [1.54, 1.807) is 7.11 Å². The minimum absolute atomic E-state index is 0.332. The number of aromatic nitrogens is 3. The Balaban J connectivity index is 1.72. The van der Waals surface area contributed by atoms with Crippen LogP contribution >= 0.6 is 11.3 Å². The summed E-state index contributed by atoms with van der Waals surface area (Å²) in [6.45, 7) is 0.332. The first-order valence-corrected chi connectivity index (χ1v) is 6.67. The van der Waals surface area contributed by atoms with Gasteiger partial charge in [-0.15, -0.1) is 0 Å². The van der Waals surface area contributed by atoms with Crippen molar-refractivity contribution in [3.05, 3.63) is 41.2 Å². The number of fused-ring (bicyclic) bond motifs is 1. The zero-order valence-corrected chi connectivity index (χ0v) is 11.5. The fourth-order valence-corrected chi connectivity index (χ4v) is 2.49. The first-order valence-electron chi connectivity index (χ1n) is 5.85. The van der Waals surface area contributed by atoms with Gasteiger partial charge in [0.05, 0.1) is 13.3 Å². The van der Waals surface area contributed by atoms with Gasteiger partial charge in [0.25, 0.3) is 0 Å². The molecule has 1 aromatic carbocycles. The number of benzene rings is 1. The maximum absolute atomic E-state index is 10.8. The highest BCUT2D eigenvalue weighted by Gasteiger charge is 2.09. The Kier molecular flexibility index (Phi) is 3.34. The highest BCUT2D eigenvalue weighted by molar-refractivity contribution is 7.16. The van der Waals surface area contributed by atoms with Crippen LogP contribution in [-0.4, -0.2) is 28.0 Å². The van der Waals surface area contributed by atoms with Gasteiger partial charge in [0.2, 0.25) is 4.96 Å². The largest absolute Gasteiger partial charge is 0.497 e. The molecule has 0 saturated heterocycles. The summed E-state index contributed by atoms with van der Waals surface area (Å²) in [5.74, 6) is 1.51. The monoisotopic (exact) mass is 289 g/mol. The van der Waals surface area contributed by atoms with Crippen molar-refractivity contribution in [1.82, 2.24) is 14.6 Å². The van der Waals surface area contributed by atoms with E-state index in [1.807, 2.05) is 24.3 Å². The third-order valence-corrected chi connectivity index (χ3v) is 3.59. The second-order valence-corrected chi connectivity index (χ2v) is 5.00. The van der Waals surface area contributed by atoms with E-state index in [9.17, 15) is 4.79 Å². The Labute approximate surface area is 118 Å². The predicted octanol–water partition coefficient (Wildman–Crippen LogP) is 2.19. The maximum Gasteiger partial charge on any atom is 0.212 e. The molecule has 0 unspecified atom stereocenters. The van der Waals surface area contributed by atoms with Gasteiger partial charge in [0.15, 0.2) is 11.3 Å². The van der Waals surface area contributed by atoms with E-state index >= 15 is 0 Å². The molecule has 102 valence electrons. The van der Waals surface area contributed by atoms with Crippen LogP contribution in [0.25, 0.3) is 4.96 Å². The van der Waals surface area contributed by atoms with E-state index in [4.69, 9.17) is 9.47 Å². The first kappa shape index (κ1) is 12.6. The number of carbonyl (C=O) groups is 1. The smallest absolute Gasteiger partial charge is 0.212 e. The second-order valence-electron chi connectivity index (χ2n) is 3.96. The molecular weight excluding hydrogens is 278 g/mol. The first-order chi connectivity index (χ1) is 9.80. The highest BCUT2D eigenvalue weighted by atomic mass is 32.1.